The minimum absolute atomic E-state index is 0.0171. The second-order valence-electron chi connectivity index (χ2n) is 5.76. The molecule has 1 aliphatic rings. The minimum atomic E-state index is -0.398. The van der Waals surface area contributed by atoms with Gasteiger partial charge in [0, 0.05) is 10.7 Å². The summed E-state index contributed by atoms with van der Waals surface area (Å²) in [4.78, 5) is 37.8. The topological polar surface area (TPSA) is 75.7 Å². The van der Waals surface area contributed by atoms with E-state index in [-0.39, 0.29) is 17.8 Å². The van der Waals surface area contributed by atoms with Gasteiger partial charge in [0.2, 0.25) is 0 Å². The van der Waals surface area contributed by atoms with Gasteiger partial charge in [0.05, 0.1) is 23.7 Å². The lowest BCUT2D eigenvalue weighted by atomic mass is 10.2. The number of benzene rings is 2. The molecule has 2 amide bonds. The third-order valence-electron chi connectivity index (χ3n) is 3.90. The zero-order valence-electron chi connectivity index (χ0n) is 15.0. The molecule has 8 heteroatoms. The molecule has 0 saturated carbocycles. The normalized spacial score (nSPS) is 15.2. The molecule has 0 aliphatic carbocycles. The number of hydrogen-bond donors (Lipinski definition) is 1. The monoisotopic (exact) mass is 416 g/mol. The predicted octanol–water partition coefficient (Wildman–Crippen LogP) is 4.62. The number of nitrogens with one attached hydrogen (secondary N) is 1. The number of rotatable bonds is 6. The van der Waals surface area contributed by atoms with E-state index in [0.717, 1.165) is 16.7 Å². The predicted molar refractivity (Wildman–Crippen MR) is 110 cm³/mol. The van der Waals surface area contributed by atoms with E-state index in [9.17, 15) is 14.4 Å². The summed E-state index contributed by atoms with van der Waals surface area (Å²) in [5.41, 5.74) is 1.78. The van der Waals surface area contributed by atoms with Gasteiger partial charge in [-0.1, -0.05) is 29.8 Å². The first-order chi connectivity index (χ1) is 13.5. The average molecular weight is 417 g/mol. The number of imide groups is 1. The van der Waals surface area contributed by atoms with Gasteiger partial charge in [-0.05, 0) is 60.7 Å². The van der Waals surface area contributed by atoms with E-state index in [2.05, 4.69) is 5.32 Å². The molecule has 2 aromatic rings. The maximum absolute atomic E-state index is 12.5. The van der Waals surface area contributed by atoms with Crippen molar-refractivity contribution in [2.75, 3.05) is 18.6 Å². The van der Waals surface area contributed by atoms with Gasteiger partial charge in [0.15, 0.2) is 0 Å². The molecular weight excluding hydrogens is 400 g/mol. The van der Waals surface area contributed by atoms with Crippen LogP contribution in [-0.4, -0.2) is 35.3 Å². The zero-order chi connectivity index (χ0) is 20.1. The number of anilines is 1. The van der Waals surface area contributed by atoms with E-state index in [4.69, 9.17) is 16.3 Å². The third-order valence-corrected chi connectivity index (χ3v) is 5.15. The second kappa shape index (κ2) is 8.95. The van der Waals surface area contributed by atoms with Crippen molar-refractivity contribution in [3.05, 3.63) is 69.6 Å². The summed E-state index contributed by atoms with van der Waals surface area (Å²) in [6.07, 6.45) is 1.61. The first-order valence-corrected chi connectivity index (χ1v) is 9.70. The number of halogens is 1. The Hall–Kier alpha value is -2.77. The lowest BCUT2D eigenvalue weighted by Crippen LogP contribution is -2.33. The van der Waals surface area contributed by atoms with Crippen molar-refractivity contribution < 1.29 is 19.1 Å². The molecule has 0 radical (unpaired) electrons. The number of hydrogen-bond acceptors (Lipinski definition) is 6. The quantitative estimate of drug-likeness (QED) is 0.547. The highest BCUT2D eigenvalue weighted by atomic mass is 35.5. The molecule has 0 aromatic heterocycles. The SMILES string of the molecule is CCOC(=O)c1ccc(NCN2C(=O)S/C(=C/c3ccccc3Cl)C2=O)cc1. The highest BCUT2D eigenvalue weighted by molar-refractivity contribution is 8.18. The average Bonchev–Trinajstić information content (AvgIpc) is 2.95. The van der Waals surface area contributed by atoms with E-state index < -0.39 is 5.97 Å². The Balaban J connectivity index is 1.65. The van der Waals surface area contributed by atoms with Crippen LogP contribution in [0.3, 0.4) is 0 Å². The first-order valence-electron chi connectivity index (χ1n) is 8.50. The van der Waals surface area contributed by atoms with Crippen LogP contribution in [0.2, 0.25) is 5.02 Å². The molecule has 1 heterocycles. The number of amides is 2. The van der Waals surface area contributed by atoms with Crippen molar-refractivity contribution in [2.24, 2.45) is 0 Å². The maximum atomic E-state index is 12.5. The van der Waals surface area contributed by atoms with Crippen LogP contribution in [0.25, 0.3) is 6.08 Å². The second-order valence-corrected chi connectivity index (χ2v) is 7.16. The fraction of sp³-hybridized carbons (Fsp3) is 0.150. The maximum Gasteiger partial charge on any atom is 0.338 e. The largest absolute Gasteiger partial charge is 0.462 e. The summed E-state index contributed by atoms with van der Waals surface area (Å²) in [6, 6.07) is 13.7. The van der Waals surface area contributed by atoms with Gasteiger partial charge in [0.25, 0.3) is 11.1 Å². The molecule has 28 heavy (non-hydrogen) atoms. The summed E-state index contributed by atoms with van der Waals surface area (Å²) in [5.74, 6) is -0.782. The standard InChI is InChI=1S/C20H17ClN2O4S/c1-2-27-19(25)13-7-9-15(10-8-13)22-12-23-18(24)17(28-20(23)26)11-14-5-3-4-6-16(14)21/h3-11,22H,2,12H2,1H3/b17-11+. The van der Waals surface area contributed by atoms with Crippen LogP contribution >= 0.6 is 23.4 Å². The van der Waals surface area contributed by atoms with Crippen molar-refractivity contribution in [2.45, 2.75) is 6.92 Å². The van der Waals surface area contributed by atoms with Gasteiger partial charge in [-0.2, -0.15) is 0 Å². The lowest BCUT2D eigenvalue weighted by Gasteiger charge is -2.14. The minimum Gasteiger partial charge on any atom is -0.462 e. The number of nitrogens with zero attached hydrogens (tertiary/aromatic N) is 1. The van der Waals surface area contributed by atoms with Gasteiger partial charge in [-0.3, -0.25) is 14.5 Å². The first kappa shape index (κ1) is 20.0. The number of esters is 1. The van der Waals surface area contributed by atoms with Gasteiger partial charge in [-0.15, -0.1) is 0 Å². The molecule has 6 nitrogen and oxygen atoms in total. The summed E-state index contributed by atoms with van der Waals surface area (Å²) >= 11 is 6.98. The van der Waals surface area contributed by atoms with E-state index in [1.165, 1.54) is 0 Å². The number of carbonyl (C=O) groups is 3. The Morgan fingerprint density at radius 3 is 2.57 bits per heavy atom. The Labute approximate surface area is 171 Å². The Bertz CT molecular complexity index is 943. The molecule has 3 rings (SSSR count). The fourth-order valence-corrected chi connectivity index (χ4v) is 3.50. The molecule has 1 saturated heterocycles. The summed E-state index contributed by atoms with van der Waals surface area (Å²) in [5, 5.41) is 3.15. The summed E-state index contributed by atoms with van der Waals surface area (Å²) in [7, 11) is 0. The van der Waals surface area contributed by atoms with Crippen LogP contribution in [0.15, 0.2) is 53.4 Å². The molecule has 0 spiro atoms. The highest BCUT2D eigenvalue weighted by Gasteiger charge is 2.34. The molecule has 0 bridgehead atoms. The zero-order valence-corrected chi connectivity index (χ0v) is 16.5. The van der Waals surface area contributed by atoms with Gasteiger partial charge in [0.1, 0.15) is 0 Å². The fourth-order valence-electron chi connectivity index (χ4n) is 2.48. The molecule has 1 N–H and O–H groups in total. The van der Waals surface area contributed by atoms with Crippen molar-refractivity contribution in [1.29, 1.82) is 0 Å². The number of thioether (sulfide) groups is 1. The summed E-state index contributed by atoms with van der Waals surface area (Å²) < 4.78 is 4.93. The molecule has 0 unspecified atom stereocenters. The van der Waals surface area contributed by atoms with Crippen molar-refractivity contribution in [1.82, 2.24) is 4.90 Å². The molecule has 1 fully saturated rings. The Morgan fingerprint density at radius 1 is 1.18 bits per heavy atom. The van der Waals surface area contributed by atoms with Crippen LogP contribution in [0.4, 0.5) is 10.5 Å². The van der Waals surface area contributed by atoms with E-state index in [1.807, 2.05) is 6.07 Å². The molecular formula is C20H17ClN2O4S. The molecule has 2 aromatic carbocycles. The van der Waals surface area contributed by atoms with Crippen LogP contribution in [0.5, 0.6) is 0 Å². The number of carbonyl (C=O) groups excluding carboxylic acids is 3. The molecule has 144 valence electrons. The Kier molecular flexibility index (Phi) is 6.38. The molecule has 0 atom stereocenters. The lowest BCUT2D eigenvalue weighted by molar-refractivity contribution is -0.122. The van der Waals surface area contributed by atoms with Gasteiger partial charge in [-0.25, -0.2) is 4.79 Å². The van der Waals surface area contributed by atoms with Crippen molar-refractivity contribution in [3.8, 4) is 0 Å². The van der Waals surface area contributed by atoms with E-state index >= 15 is 0 Å². The van der Waals surface area contributed by atoms with Crippen LogP contribution in [0, 0.1) is 0 Å². The smallest absolute Gasteiger partial charge is 0.338 e. The van der Waals surface area contributed by atoms with Crippen LogP contribution < -0.4 is 5.32 Å². The van der Waals surface area contributed by atoms with Gasteiger partial charge >= 0.3 is 5.97 Å². The van der Waals surface area contributed by atoms with Crippen LogP contribution in [0.1, 0.15) is 22.8 Å². The van der Waals surface area contributed by atoms with Crippen molar-refractivity contribution >= 4 is 52.2 Å². The molecule has 1 aliphatic heterocycles. The third kappa shape index (κ3) is 4.55. The summed E-state index contributed by atoms with van der Waals surface area (Å²) in [6.45, 7) is 2.06. The Morgan fingerprint density at radius 2 is 1.89 bits per heavy atom. The van der Waals surface area contributed by atoms with Crippen LogP contribution in [-0.2, 0) is 9.53 Å². The van der Waals surface area contributed by atoms with E-state index in [1.54, 1.807) is 55.5 Å². The van der Waals surface area contributed by atoms with E-state index in [0.29, 0.717) is 33.3 Å². The van der Waals surface area contributed by atoms with Crippen molar-refractivity contribution in [3.63, 3.8) is 0 Å². The highest BCUT2D eigenvalue weighted by Crippen LogP contribution is 2.33. The number of ether oxygens (including phenoxy) is 1. The van der Waals surface area contributed by atoms with Gasteiger partial charge < -0.3 is 10.1 Å².